The van der Waals surface area contributed by atoms with Gasteiger partial charge in [-0.15, -0.1) is 0 Å². The van der Waals surface area contributed by atoms with Crippen LogP contribution in [0, 0.1) is 0 Å². The minimum absolute atomic E-state index is 0.0765. The summed E-state index contributed by atoms with van der Waals surface area (Å²) in [6.45, 7) is 3.94. The minimum Gasteiger partial charge on any atom is -0.480 e. The number of carboxylic acids is 1. The van der Waals surface area contributed by atoms with E-state index in [-0.39, 0.29) is 6.54 Å². The molecule has 0 rings (SSSR count). The number of ether oxygens (including phenoxy) is 1. The third kappa shape index (κ3) is 7.29. The lowest BCUT2D eigenvalue weighted by Crippen LogP contribution is -2.28. The van der Waals surface area contributed by atoms with Crippen molar-refractivity contribution in [1.82, 2.24) is 4.90 Å². The molecule has 0 radical (unpaired) electrons. The van der Waals surface area contributed by atoms with Crippen molar-refractivity contribution < 1.29 is 14.6 Å². The fourth-order valence-electron chi connectivity index (χ4n) is 0.675. The van der Waals surface area contributed by atoms with E-state index >= 15 is 0 Å². The van der Waals surface area contributed by atoms with Crippen molar-refractivity contribution in [2.45, 2.75) is 6.92 Å². The molecular formula is C7H15NO3. The molecule has 1 N–H and O–H groups in total. The molecule has 0 atom stereocenters. The molecule has 0 fully saturated rings. The number of carbonyl (C=O) groups is 1. The first kappa shape index (κ1) is 10.4. The second kappa shape index (κ2) is 6.12. The van der Waals surface area contributed by atoms with Crippen LogP contribution < -0.4 is 0 Å². The summed E-state index contributed by atoms with van der Waals surface area (Å²) in [5.41, 5.74) is 0. The Balaban J connectivity index is 3.22. The molecular weight excluding hydrogens is 146 g/mol. The molecule has 11 heavy (non-hydrogen) atoms. The van der Waals surface area contributed by atoms with E-state index in [9.17, 15) is 4.79 Å². The lowest BCUT2D eigenvalue weighted by atomic mass is 10.5. The highest BCUT2D eigenvalue weighted by atomic mass is 16.5. The monoisotopic (exact) mass is 161 g/mol. The van der Waals surface area contributed by atoms with Crippen molar-refractivity contribution in [2.24, 2.45) is 0 Å². The SMILES string of the molecule is CCOCCN(C)CC(=O)O. The lowest BCUT2D eigenvalue weighted by Gasteiger charge is -2.12. The molecule has 4 nitrogen and oxygen atoms in total. The fourth-order valence-corrected chi connectivity index (χ4v) is 0.675. The van der Waals surface area contributed by atoms with Crippen LogP contribution in [0.3, 0.4) is 0 Å². The number of carboxylic acid groups (broad SMARTS) is 1. The van der Waals surface area contributed by atoms with Gasteiger partial charge in [0, 0.05) is 13.2 Å². The molecule has 0 saturated heterocycles. The Morgan fingerprint density at radius 3 is 2.73 bits per heavy atom. The summed E-state index contributed by atoms with van der Waals surface area (Å²) in [4.78, 5) is 11.9. The third-order valence-corrected chi connectivity index (χ3v) is 1.23. The van der Waals surface area contributed by atoms with E-state index in [2.05, 4.69) is 0 Å². The van der Waals surface area contributed by atoms with Crippen LogP contribution in [0.25, 0.3) is 0 Å². The summed E-state index contributed by atoms with van der Waals surface area (Å²) in [6.07, 6.45) is 0. The average Bonchev–Trinajstić information content (AvgIpc) is 1.86. The molecule has 66 valence electrons. The van der Waals surface area contributed by atoms with Gasteiger partial charge in [0.25, 0.3) is 0 Å². The highest BCUT2D eigenvalue weighted by Crippen LogP contribution is 1.82. The van der Waals surface area contributed by atoms with Crippen LogP contribution in [0.2, 0.25) is 0 Å². The van der Waals surface area contributed by atoms with Gasteiger partial charge in [-0.2, -0.15) is 0 Å². The number of aliphatic carboxylic acids is 1. The molecule has 0 aromatic carbocycles. The van der Waals surface area contributed by atoms with Crippen LogP contribution in [-0.4, -0.2) is 49.3 Å². The zero-order chi connectivity index (χ0) is 8.69. The summed E-state index contributed by atoms with van der Waals surface area (Å²) < 4.78 is 5.05. The Morgan fingerprint density at radius 2 is 2.27 bits per heavy atom. The van der Waals surface area contributed by atoms with Gasteiger partial charge >= 0.3 is 5.97 Å². The normalized spacial score (nSPS) is 10.5. The maximum absolute atomic E-state index is 10.2. The van der Waals surface area contributed by atoms with E-state index in [0.717, 1.165) is 0 Å². The third-order valence-electron chi connectivity index (χ3n) is 1.23. The van der Waals surface area contributed by atoms with Crippen LogP contribution in [-0.2, 0) is 9.53 Å². The van der Waals surface area contributed by atoms with Gasteiger partial charge in [-0.25, -0.2) is 0 Å². The molecule has 0 heterocycles. The van der Waals surface area contributed by atoms with Gasteiger partial charge in [-0.3, -0.25) is 9.69 Å². The largest absolute Gasteiger partial charge is 0.480 e. The molecule has 0 aliphatic rings. The fraction of sp³-hybridized carbons (Fsp3) is 0.857. The number of hydrogen-bond acceptors (Lipinski definition) is 3. The number of hydrogen-bond donors (Lipinski definition) is 1. The van der Waals surface area contributed by atoms with Gasteiger partial charge in [0.2, 0.25) is 0 Å². The maximum atomic E-state index is 10.2. The first-order valence-corrected chi connectivity index (χ1v) is 3.65. The van der Waals surface area contributed by atoms with Crippen LogP contribution in [0.5, 0.6) is 0 Å². The first-order chi connectivity index (χ1) is 5.16. The zero-order valence-corrected chi connectivity index (χ0v) is 7.04. The molecule has 0 spiro atoms. The summed E-state index contributed by atoms with van der Waals surface area (Å²) in [5.74, 6) is -0.802. The van der Waals surface area contributed by atoms with Crippen molar-refractivity contribution in [3.8, 4) is 0 Å². The topological polar surface area (TPSA) is 49.8 Å². The highest BCUT2D eigenvalue weighted by molar-refractivity contribution is 5.68. The molecule has 0 aliphatic heterocycles. The van der Waals surface area contributed by atoms with Crippen molar-refractivity contribution in [3.63, 3.8) is 0 Å². The van der Waals surface area contributed by atoms with Gasteiger partial charge in [0.15, 0.2) is 0 Å². The number of likely N-dealkylation sites (N-methyl/N-ethyl adjacent to an activating group) is 1. The Labute approximate surface area is 66.8 Å². The summed E-state index contributed by atoms with van der Waals surface area (Å²) in [5, 5.41) is 8.36. The smallest absolute Gasteiger partial charge is 0.317 e. The Morgan fingerprint density at radius 1 is 1.64 bits per heavy atom. The predicted molar refractivity (Wildman–Crippen MR) is 41.6 cm³/mol. The Bertz CT molecular complexity index is 116. The van der Waals surface area contributed by atoms with E-state index in [0.29, 0.717) is 19.8 Å². The van der Waals surface area contributed by atoms with Crippen LogP contribution in [0.1, 0.15) is 6.92 Å². The van der Waals surface area contributed by atoms with E-state index in [1.165, 1.54) is 0 Å². The van der Waals surface area contributed by atoms with Crippen LogP contribution in [0.4, 0.5) is 0 Å². The van der Waals surface area contributed by atoms with Gasteiger partial charge in [0.05, 0.1) is 13.2 Å². The zero-order valence-electron chi connectivity index (χ0n) is 7.04. The standard InChI is InChI=1S/C7H15NO3/c1-3-11-5-4-8(2)6-7(9)10/h3-6H2,1-2H3,(H,9,10). The lowest BCUT2D eigenvalue weighted by molar-refractivity contribution is -0.138. The maximum Gasteiger partial charge on any atom is 0.317 e. The Hall–Kier alpha value is -0.610. The highest BCUT2D eigenvalue weighted by Gasteiger charge is 2.02. The van der Waals surface area contributed by atoms with Gasteiger partial charge in [-0.1, -0.05) is 0 Å². The molecule has 0 bridgehead atoms. The van der Waals surface area contributed by atoms with Gasteiger partial charge < -0.3 is 9.84 Å². The first-order valence-electron chi connectivity index (χ1n) is 3.65. The van der Waals surface area contributed by atoms with E-state index in [4.69, 9.17) is 9.84 Å². The average molecular weight is 161 g/mol. The van der Waals surface area contributed by atoms with E-state index < -0.39 is 5.97 Å². The second-order valence-corrected chi connectivity index (χ2v) is 2.33. The molecule has 0 amide bonds. The van der Waals surface area contributed by atoms with E-state index in [1.54, 1.807) is 11.9 Å². The Kier molecular flexibility index (Phi) is 5.78. The summed E-state index contributed by atoms with van der Waals surface area (Å²) in [7, 11) is 1.76. The van der Waals surface area contributed by atoms with Crippen molar-refractivity contribution in [3.05, 3.63) is 0 Å². The minimum atomic E-state index is -0.802. The quantitative estimate of drug-likeness (QED) is 0.559. The summed E-state index contributed by atoms with van der Waals surface area (Å²) in [6, 6.07) is 0. The van der Waals surface area contributed by atoms with Crippen molar-refractivity contribution >= 4 is 5.97 Å². The molecule has 0 aromatic heterocycles. The predicted octanol–water partition coefficient (Wildman–Crippen LogP) is 0.0393. The number of nitrogens with zero attached hydrogens (tertiary/aromatic N) is 1. The molecule has 4 heteroatoms. The van der Waals surface area contributed by atoms with Crippen LogP contribution in [0.15, 0.2) is 0 Å². The van der Waals surface area contributed by atoms with Crippen LogP contribution >= 0.6 is 0 Å². The molecule has 0 saturated carbocycles. The molecule has 0 unspecified atom stereocenters. The second-order valence-electron chi connectivity index (χ2n) is 2.33. The van der Waals surface area contributed by atoms with Gasteiger partial charge in [-0.05, 0) is 14.0 Å². The van der Waals surface area contributed by atoms with Crippen molar-refractivity contribution in [1.29, 1.82) is 0 Å². The number of rotatable bonds is 6. The molecule has 0 aromatic rings. The van der Waals surface area contributed by atoms with Gasteiger partial charge in [0.1, 0.15) is 0 Å². The summed E-state index contributed by atoms with van der Waals surface area (Å²) >= 11 is 0. The van der Waals surface area contributed by atoms with Crippen molar-refractivity contribution in [2.75, 3.05) is 33.4 Å². The van der Waals surface area contributed by atoms with E-state index in [1.807, 2.05) is 6.92 Å². The molecule has 0 aliphatic carbocycles.